The number of nitrogens with zero attached hydrogens (tertiary/aromatic N) is 1. The maximum absolute atomic E-state index is 14.6. The summed E-state index contributed by atoms with van der Waals surface area (Å²) in [6.07, 6.45) is 3.92. The van der Waals surface area contributed by atoms with Crippen molar-refractivity contribution >= 4 is 0 Å². The van der Waals surface area contributed by atoms with Crippen molar-refractivity contribution in [2.75, 3.05) is 33.3 Å². The number of benzene rings is 1. The van der Waals surface area contributed by atoms with Crippen LogP contribution in [-0.2, 0) is 0 Å². The summed E-state index contributed by atoms with van der Waals surface area (Å²) in [5.41, 5.74) is 0.164. The van der Waals surface area contributed by atoms with E-state index in [-0.39, 0.29) is 17.4 Å². The fraction of sp³-hybridized carbons (Fsp3) is 0.647. The van der Waals surface area contributed by atoms with Gasteiger partial charge in [0.2, 0.25) is 0 Å². The zero-order valence-corrected chi connectivity index (χ0v) is 13.5. The highest BCUT2D eigenvalue weighted by Gasteiger charge is 2.28. The van der Waals surface area contributed by atoms with Crippen molar-refractivity contribution in [1.29, 1.82) is 0 Å². The highest BCUT2D eigenvalue weighted by molar-refractivity contribution is 5.34. The number of halogens is 2. The second-order valence-electron chi connectivity index (χ2n) is 5.77. The average Bonchev–Trinajstić information content (AvgIpc) is 2.54. The molecule has 1 aliphatic heterocycles. The first kappa shape index (κ1) is 17.2. The number of hydrogen-bond donors (Lipinski definition) is 1. The van der Waals surface area contributed by atoms with E-state index < -0.39 is 11.6 Å². The maximum atomic E-state index is 14.6. The lowest BCUT2D eigenvalue weighted by molar-refractivity contribution is 0.155. The van der Waals surface area contributed by atoms with Crippen LogP contribution < -0.4 is 10.1 Å². The van der Waals surface area contributed by atoms with Gasteiger partial charge in [-0.05, 0) is 18.6 Å². The van der Waals surface area contributed by atoms with Crippen LogP contribution in [0.5, 0.6) is 5.75 Å². The predicted molar refractivity (Wildman–Crippen MR) is 84.2 cm³/mol. The second kappa shape index (κ2) is 8.44. The van der Waals surface area contributed by atoms with Gasteiger partial charge in [0.05, 0.1) is 7.11 Å². The van der Waals surface area contributed by atoms with E-state index in [0.717, 1.165) is 51.9 Å². The lowest BCUT2D eigenvalue weighted by Gasteiger charge is -2.35. The first-order valence-corrected chi connectivity index (χ1v) is 8.15. The Labute approximate surface area is 131 Å². The van der Waals surface area contributed by atoms with Gasteiger partial charge in [-0.1, -0.05) is 26.2 Å². The minimum absolute atomic E-state index is 0.118. The summed E-state index contributed by atoms with van der Waals surface area (Å²) in [6.45, 7) is 5.47. The first-order chi connectivity index (χ1) is 10.7. The van der Waals surface area contributed by atoms with Crippen LogP contribution in [0.25, 0.3) is 0 Å². The molecule has 0 aromatic heterocycles. The normalized spacial score (nSPS) is 17.5. The third-order valence-corrected chi connectivity index (χ3v) is 4.32. The number of hydrogen-bond acceptors (Lipinski definition) is 3. The van der Waals surface area contributed by atoms with E-state index >= 15 is 0 Å². The van der Waals surface area contributed by atoms with Crippen LogP contribution in [-0.4, -0.2) is 38.2 Å². The van der Waals surface area contributed by atoms with Crippen LogP contribution in [0.4, 0.5) is 8.78 Å². The lowest BCUT2D eigenvalue weighted by Crippen LogP contribution is -2.45. The Bertz CT molecular complexity index is 476. The molecule has 0 spiro atoms. The fourth-order valence-electron chi connectivity index (χ4n) is 3.10. The molecule has 124 valence electrons. The average molecular weight is 312 g/mol. The molecule has 1 fully saturated rings. The van der Waals surface area contributed by atoms with Crippen molar-refractivity contribution in [3.8, 4) is 5.75 Å². The van der Waals surface area contributed by atoms with E-state index in [1.54, 1.807) is 0 Å². The van der Waals surface area contributed by atoms with Crippen LogP contribution in [0.3, 0.4) is 0 Å². The van der Waals surface area contributed by atoms with E-state index in [9.17, 15) is 8.78 Å². The van der Waals surface area contributed by atoms with Gasteiger partial charge in [-0.3, -0.25) is 4.90 Å². The molecule has 22 heavy (non-hydrogen) atoms. The number of methoxy groups -OCH3 is 1. The standard InChI is InChI=1S/C17H26F2N2O/c1-3-4-5-6-14(21-11-9-20-10-12-21)16-13(18)7-8-15(22-2)17(16)19/h7-8,14,20H,3-6,9-12H2,1-2H3/t14-/m0/s1. The molecule has 1 atom stereocenters. The Hall–Kier alpha value is -1.20. The van der Waals surface area contributed by atoms with Gasteiger partial charge in [0.25, 0.3) is 0 Å². The maximum Gasteiger partial charge on any atom is 0.172 e. The molecule has 0 bridgehead atoms. The Morgan fingerprint density at radius 2 is 1.95 bits per heavy atom. The molecule has 0 saturated carbocycles. The van der Waals surface area contributed by atoms with Crippen molar-refractivity contribution in [2.24, 2.45) is 0 Å². The number of piperazine rings is 1. The molecule has 1 aromatic carbocycles. The Morgan fingerprint density at radius 1 is 1.23 bits per heavy atom. The third-order valence-electron chi connectivity index (χ3n) is 4.32. The summed E-state index contributed by atoms with van der Waals surface area (Å²) in [4.78, 5) is 2.19. The third kappa shape index (κ3) is 3.96. The lowest BCUT2D eigenvalue weighted by atomic mass is 9.96. The van der Waals surface area contributed by atoms with Crippen molar-refractivity contribution in [3.63, 3.8) is 0 Å². The molecule has 1 aromatic rings. The van der Waals surface area contributed by atoms with Crippen molar-refractivity contribution in [3.05, 3.63) is 29.3 Å². The van der Waals surface area contributed by atoms with Gasteiger partial charge in [0.15, 0.2) is 11.6 Å². The van der Waals surface area contributed by atoms with Gasteiger partial charge in [-0.15, -0.1) is 0 Å². The van der Waals surface area contributed by atoms with E-state index in [1.165, 1.54) is 19.2 Å². The van der Waals surface area contributed by atoms with Gasteiger partial charge >= 0.3 is 0 Å². The van der Waals surface area contributed by atoms with E-state index in [1.807, 2.05) is 0 Å². The molecular formula is C17H26F2N2O. The summed E-state index contributed by atoms with van der Waals surface area (Å²) < 4.78 is 34.0. The number of ether oxygens (including phenoxy) is 1. The highest BCUT2D eigenvalue weighted by atomic mass is 19.1. The molecule has 0 amide bonds. The summed E-state index contributed by atoms with van der Waals surface area (Å²) in [5.74, 6) is -0.909. The van der Waals surface area contributed by atoms with Crippen LogP contribution in [0.1, 0.15) is 44.2 Å². The molecule has 0 unspecified atom stereocenters. The van der Waals surface area contributed by atoms with Crippen LogP contribution >= 0.6 is 0 Å². The van der Waals surface area contributed by atoms with Gasteiger partial charge in [-0.25, -0.2) is 8.78 Å². The van der Waals surface area contributed by atoms with E-state index in [0.29, 0.717) is 0 Å². The van der Waals surface area contributed by atoms with Crippen molar-refractivity contribution in [1.82, 2.24) is 10.2 Å². The summed E-state index contributed by atoms with van der Waals surface area (Å²) in [6, 6.07) is 2.45. The number of nitrogens with one attached hydrogen (secondary N) is 1. The molecular weight excluding hydrogens is 286 g/mol. The van der Waals surface area contributed by atoms with Gasteiger partial charge in [-0.2, -0.15) is 0 Å². The minimum atomic E-state index is -0.553. The first-order valence-electron chi connectivity index (χ1n) is 8.15. The molecule has 0 radical (unpaired) electrons. The predicted octanol–water partition coefficient (Wildman–Crippen LogP) is 3.50. The second-order valence-corrected chi connectivity index (χ2v) is 5.77. The Kier molecular flexibility index (Phi) is 6.58. The molecule has 5 heteroatoms. The van der Waals surface area contributed by atoms with Crippen molar-refractivity contribution < 1.29 is 13.5 Å². The number of unbranched alkanes of at least 4 members (excludes halogenated alkanes) is 2. The summed E-state index contributed by atoms with van der Waals surface area (Å²) in [7, 11) is 1.41. The number of rotatable bonds is 7. The molecule has 1 N–H and O–H groups in total. The Morgan fingerprint density at radius 3 is 2.59 bits per heavy atom. The fourth-order valence-corrected chi connectivity index (χ4v) is 3.10. The summed E-state index contributed by atoms with van der Waals surface area (Å²) >= 11 is 0. The largest absolute Gasteiger partial charge is 0.494 e. The zero-order valence-electron chi connectivity index (χ0n) is 13.5. The van der Waals surface area contributed by atoms with Crippen LogP contribution in [0.2, 0.25) is 0 Å². The van der Waals surface area contributed by atoms with E-state index in [4.69, 9.17) is 4.74 Å². The molecule has 2 rings (SSSR count). The topological polar surface area (TPSA) is 24.5 Å². The molecule has 1 heterocycles. The van der Waals surface area contributed by atoms with Crippen LogP contribution in [0, 0.1) is 11.6 Å². The highest BCUT2D eigenvalue weighted by Crippen LogP contribution is 2.34. The van der Waals surface area contributed by atoms with Crippen LogP contribution in [0.15, 0.2) is 12.1 Å². The quantitative estimate of drug-likeness (QED) is 0.780. The van der Waals surface area contributed by atoms with Gasteiger partial charge in [0, 0.05) is 37.8 Å². The molecule has 0 aliphatic carbocycles. The molecule has 1 aliphatic rings. The monoisotopic (exact) mass is 312 g/mol. The van der Waals surface area contributed by atoms with E-state index in [2.05, 4.69) is 17.1 Å². The zero-order chi connectivity index (χ0) is 15.9. The summed E-state index contributed by atoms with van der Waals surface area (Å²) in [5, 5.41) is 3.29. The minimum Gasteiger partial charge on any atom is -0.494 e. The molecule has 3 nitrogen and oxygen atoms in total. The smallest absolute Gasteiger partial charge is 0.172 e. The van der Waals surface area contributed by atoms with Gasteiger partial charge < -0.3 is 10.1 Å². The van der Waals surface area contributed by atoms with Crippen molar-refractivity contribution in [2.45, 2.75) is 38.6 Å². The van der Waals surface area contributed by atoms with Gasteiger partial charge in [0.1, 0.15) is 5.82 Å². The molecule has 1 saturated heterocycles. The Balaban J connectivity index is 2.30. The SMILES string of the molecule is CCCCC[C@@H](c1c(F)ccc(OC)c1F)N1CCNCC1.